The third kappa shape index (κ3) is 6.77. The zero-order chi connectivity index (χ0) is 34.5. The van der Waals surface area contributed by atoms with Crippen molar-refractivity contribution in [1.82, 2.24) is 0 Å². The lowest BCUT2D eigenvalue weighted by Crippen LogP contribution is -2.42. The molecule has 0 saturated heterocycles. The molecule has 49 heavy (non-hydrogen) atoms. The Morgan fingerprint density at radius 3 is 0.714 bits per heavy atom. The Morgan fingerprint density at radius 2 is 0.510 bits per heavy atom. The van der Waals surface area contributed by atoms with Gasteiger partial charge < -0.3 is 0 Å². The summed E-state index contributed by atoms with van der Waals surface area (Å²) >= 11 is 0. The van der Waals surface area contributed by atoms with Crippen LogP contribution in [0.1, 0.15) is 71.9 Å². The van der Waals surface area contributed by atoms with Crippen molar-refractivity contribution < 1.29 is 0 Å². The Labute approximate surface area is 302 Å². The van der Waals surface area contributed by atoms with E-state index in [1.54, 1.807) is 0 Å². The Kier molecular flexibility index (Phi) is 11.4. The van der Waals surface area contributed by atoms with E-state index in [1.807, 2.05) is 0 Å². The van der Waals surface area contributed by atoms with E-state index in [-0.39, 0.29) is 32.4 Å². The molecule has 0 aliphatic heterocycles. The molecule has 0 saturated carbocycles. The van der Waals surface area contributed by atoms with Crippen LogP contribution in [-0.4, -0.2) is 0 Å². The number of rotatable bonds is 12. The molecule has 6 rings (SSSR count). The minimum absolute atomic E-state index is 0.158. The van der Waals surface area contributed by atoms with Gasteiger partial charge in [-0.05, 0) is 51.1 Å². The maximum Gasteiger partial charge on any atom is 0.0383 e. The van der Waals surface area contributed by atoms with E-state index in [1.165, 1.54) is 33.4 Å². The summed E-state index contributed by atoms with van der Waals surface area (Å²) in [7, 11) is 9.60. The van der Waals surface area contributed by atoms with Crippen molar-refractivity contribution in [2.24, 2.45) is 0 Å². The van der Waals surface area contributed by atoms with Crippen molar-refractivity contribution in [2.45, 2.75) is 53.2 Å². The van der Waals surface area contributed by atoms with Crippen LogP contribution in [0.25, 0.3) is 0 Å². The average Bonchev–Trinajstić information content (AvgIpc) is 3.18. The van der Waals surface area contributed by atoms with E-state index in [4.69, 9.17) is 0 Å². The van der Waals surface area contributed by atoms with E-state index in [2.05, 4.69) is 230 Å². The quantitative estimate of drug-likeness (QED) is 0.111. The summed E-state index contributed by atoms with van der Waals surface area (Å²) in [6, 6.07) is 67.5. The molecule has 0 fully saturated rings. The zero-order valence-corrected chi connectivity index (χ0v) is 33.1. The monoisotopic (exact) mass is 712 g/mol. The van der Waals surface area contributed by atoms with Gasteiger partial charge in [0.15, 0.2) is 0 Å². The first-order valence-electron chi connectivity index (χ1n) is 17.2. The summed E-state index contributed by atoms with van der Waals surface area (Å²) in [5, 5.41) is 0. The third-order valence-electron chi connectivity index (χ3n) is 10.7. The van der Waals surface area contributed by atoms with Crippen molar-refractivity contribution in [3.63, 3.8) is 0 Å². The molecule has 0 nitrogen and oxygen atoms in total. The van der Waals surface area contributed by atoms with E-state index in [0.717, 1.165) is 0 Å². The molecule has 0 aliphatic carbocycles. The molecule has 9 atom stereocenters. The largest absolute Gasteiger partial charge is 0.121 e. The topological polar surface area (TPSA) is 0 Å². The van der Waals surface area contributed by atoms with Crippen LogP contribution in [-0.2, 0) is 14.7 Å². The highest BCUT2D eigenvalue weighted by atomic mass is 31.2. The van der Waals surface area contributed by atoms with Gasteiger partial charge in [0, 0.05) is 14.7 Å². The molecule has 248 valence electrons. The van der Waals surface area contributed by atoms with Gasteiger partial charge >= 0.3 is 0 Å². The molecule has 0 radical (unpaired) electrons. The van der Waals surface area contributed by atoms with Gasteiger partial charge in [0.25, 0.3) is 0 Å². The summed E-state index contributed by atoms with van der Waals surface area (Å²) < 4.78 is 0. The predicted octanol–water partition coefficient (Wildman–Crippen LogP) is 13.1. The van der Waals surface area contributed by atoms with Gasteiger partial charge in [0.05, 0.1) is 0 Å². The van der Waals surface area contributed by atoms with Gasteiger partial charge in [0.2, 0.25) is 0 Å². The van der Waals surface area contributed by atoms with Crippen LogP contribution in [0, 0.1) is 0 Å². The highest BCUT2D eigenvalue weighted by Crippen LogP contribution is 2.89. The molecule has 9 unspecified atom stereocenters. The molecule has 4 heteroatoms. The first-order chi connectivity index (χ1) is 23.7. The Hall–Kier alpha value is -2.96. The van der Waals surface area contributed by atoms with Crippen LogP contribution in [0.3, 0.4) is 0 Å². The fourth-order valence-corrected chi connectivity index (χ4v) is 18.7. The molecule has 6 aromatic rings. The summed E-state index contributed by atoms with van der Waals surface area (Å²) in [6.07, 6.45) is 0. The Bertz CT molecular complexity index is 1660. The van der Waals surface area contributed by atoms with E-state index in [9.17, 15) is 0 Å². The minimum atomic E-state index is -1.13. The van der Waals surface area contributed by atoms with Crippen LogP contribution >= 0.6 is 35.6 Å². The second-order valence-corrected chi connectivity index (χ2v) is 20.4. The highest BCUT2D eigenvalue weighted by molar-refractivity contribution is 7.77. The molecule has 0 N–H and O–H groups in total. The molecule has 0 spiro atoms. The van der Waals surface area contributed by atoms with Gasteiger partial charge in [-0.2, -0.15) is 0 Å². The lowest BCUT2D eigenvalue weighted by Gasteiger charge is -2.62. The second kappa shape index (κ2) is 15.5. The number of hydrogen-bond acceptors (Lipinski definition) is 0. The minimum Gasteiger partial charge on any atom is -0.121 e. The highest BCUT2D eigenvalue weighted by Gasteiger charge is 2.61. The molecule has 0 aromatic heterocycles. The fraction of sp³-hybridized carbons (Fsp3) is 0.200. The zero-order valence-electron chi connectivity index (χ0n) is 28.7. The second-order valence-electron chi connectivity index (χ2n) is 13.3. The van der Waals surface area contributed by atoms with Crippen molar-refractivity contribution in [3.8, 4) is 0 Å². The first-order valence-corrected chi connectivity index (χ1v) is 20.3. The lowest BCUT2D eigenvalue weighted by atomic mass is 9.90. The van der Waals surface area contributed by atoms with E-state index in [0.29, 0.717) is 0 Å². The first kappa shape index (κ1) is 35.9. The lowest BCUT2D eigenvalue weighted by molar-refractivity contribution is 0.584. The normalized spacial score (nSPS) is 17.8. The van der Waals surface area contributed by atoms with Crippen LogP contribution in [0.2, 0.25) is 0 Å². The van der Waals surface area contributed by atoms with Crippen molar-refractivity contribution >= 4 is 35.6 Å². The molecule has 6 aromatic carbocycles. The Morgan fingerprint density at radius 1 is 0.327 bits per heavy atom. The van der Waals surface area contributed by atoms with Crippen molar-refractivity contribution in [1.29, 1.82) is 0 Å². The molecule has 0 bridgehead atoms. The maximum atomic E-state index is 3.58. The Balaban J connectivity index is 1.80. The number of hydrogen-bond donors (Lipinski definition) is 0. The molecular weight excluding hydrogens is 664 g/mol. The maximum absolute atomic E-state index is 3.58. The van der Waals surface area contributed by atoms with Gasteiger partial charge in [-0.25, -0.2) is 0 Å². The van der Waals surface area contributed by atoms with E-state index < -0.39 is 7.92 Å². The molecule has 0 heterocycles. The fourth-order valence-electron chi connectivity index (χ4n) is 7.74. The summed E-state index contributed by atoms with van der Waals surface area (Å²) in [5.74, 6) is 0.473. The predicted molar refractivity (Wildman–Crippen MR) is 225 cm³/mol. The van der Waals surface area contributed by atoms with Crippen LogP contribution < -0.4 is 0 Å². The summed E-state index contributed by atoms with van der Waals surface area (Å²) in [4.78, 5) is -1.17. The van der Waals surface area contributed by atoms with Crippen LogP contribution in [0.15, 0.2) is 182 Å². The van der Waals surface area contributed by atoms with Crippen LogP contribution in [0.4, 0.5) is 0 Å². The van der Waals surface area contributed by atoms with Crippen molar-refractivity contribution in [3.05, 3.63) is 215 Å². The van der Waals surface area contributed by atoms with Crippen LogP contribution in [0.5, 0.6) is 0 Å². The van der Waals surface area contributed by atoms with Gasteiger partial charge in [0.1, 0.15) is 0 Å². The van der Waals surface area contributed by atoms with Gasteiger partial charge in [-0.1, -0.05) is 211 Å². The summed E-state index contributed by atoms with van der Waals surface area (Å²) in [6.45, 7) is 7.37. The standard InChI is InChI=1S/C45H48P4/c1-34(37-22-10-4-11-23-37)43(46,40-28-16-7-17-29-40)49(44(47,41-30-18-8-19-31-41)35(2)38-24-12-5-13-25-38)45(48,42-32-20-9-21-33-42)36(3)39-26-14-6-15-27-39/h4-36H,46-48H2,1-3H3. The molecule has 0 aliphatic rings. The van der Waals surface area contributed by atoms with Gasteiger partial charge in [-0.15, -0.1) is 27.7 Å². The third-order valence-corrected chi connectivity index (χ3v) is 19.7. The SMILES string of the molecule is CC(c1ccccc1)C(P)(c1ccccc1)P(C(P)(c1ccccc1)C(C)c1ccccc1)C(P)(c1ccccc1)C(C)c1ccccc1. The number of benzene rings is 6. The van der Waals surface area contributed by atoms with Gasteiger partial charge in [-0.3, -0.25) is 0 Å². The van der Waals surface area contributed by atoms with E-state index >= 15 is 0 Å². The molecular formula is C45H48P4. The smallest absolute Gasteiger partial charge is 0.0383 e. The summed E-state index contributed by atoms with van der Waals surface area (Å²) in [5.41, 5.74) is 8.05. The molecule has 0 amide bonds. The van der Waals surface area contributed by atoms with Crippen molar-refractivity contribution in [2.75, 3.05) is 0 Å². The average molecular weight is 713 g/mol.